The van der Waals surface area contributed by atoms with E-state index >= 15 is 0 Å². The highest BCUT2D eigenvalue weighted by atomic mass is 79.9. The summed E-state index contributed by atoms with van der Waals surface area (Å²) in [5.74, 6) is 0.294. The van der Waals surface area contributed by atoms with Crippen LogP contribution in [0.25, 0.3) is 0 Å². The molecule has 0 amide bonds. The molecule has 0 saturated heterocycles. The van der Waals surface area contributed by atoms with Crippen molar-refractivity contribution in [2.45, 2.75) is 13.1 Å². The monoisotopic (exact) mass is 360 g/mol. The second kappa shape index (κ2) is 5.35. The summed E-state index contributed by atoms with van der Waals surface area (Å²) in [6, 6.07) is 1.67. The second-order valence-electron chi connectivity index (χ2n) is 3.09. The third kappa shape index (κ3) is 3.93. The molecule has 16 heavy (non-hydrogen) atoms. The van der Waals surface area contributed by atoms with Crippen LogP contribution in [0.1, 0.15) is 6.92 Å². The molecule has 0 fully saturated rings. The molecular weight excluding hydrogens is 353 g/mol. The lowest BCUT2D eigenvalue weighted by molar-refractivity contribution is -0.119. The Morgan fingerprint density at radius 1 is 1.38 bits per heavy atom. The highest BCUT2D eigenvalue weighted by Crippen LogP contribution is 2.28. The Kier molecular flexibility index (Phi) is 4.61. The van der Waals surface area contributed by atoms with Crippen molar-refractivity contribution < 1.29 is 13.2 Å². The van der Waals surface area contributed by atoms with Crippen molar-refractivity contribution in [2.75, 3.05) is 18.0 Å². The third-order valence-corrected chi connectivity index (χ3v) is 2.86. The standard InChI is InChI=1S/C9H9Br2F3N2/c1-2-16(5-9(12,13)14)8-7(11)3-6(10)4-15-8/h3-4H,2,5H2,1H3. The molecule has 0 atom stereocenters. The predicted octanol–water partition coefficient (Wildman–Crippen LogP) is 4.00. The molecular formula is C9H9Br2F3N2. The summed E-state index contributed by atoms with van der Waals surface area (Å²) in [7, 11) is 0. The van der Waals surface area contributed by atoms with Crippen LogP contribution in [0.4, 0.5) is 19.0 Å². The van der Waals surface area contributed by atoms with Crippen LogP contribution in [-0.2, 0) is 0 Å². The molecule has 0 spiro atoms. The van der Waals surface area contributed by atoms with Gasteiger partial charge in [-0.05, 0) is 44.8 Å². The Morgan fingerprint density at radius 2 is 2.00 bits per heavy atom. The number of halogens is 5. The Hall–Kier alpha value is -0.300. The minimum absolute atomic E-state index is 0.243. The molecule has 7 heteroatoms. The largest absolute Gasteiger partial charge is 0.405 e. The minimum Gasteiger partial charge on any atom is -0.347 e. The van der Waals surface area contributed by atoms with Crippen LogP contribution in [0.5, 0.6) is 0 Å². The first kappa shape index (κ1) is 13.8. The van der Waals surface area contributed by atoms with Crippen LogP contribution in [0.2, 0.25) is 0 Å². The van der Waals surface area contributed by atoms with Gasteiger partial charge in [-0.1, -0.05) is 0 Å². The summed E-state index contributed by atoms with van der Waals surface area (Å²) in [6.07, 6.45) is -2.76. The molecule has 0 aliphatic heterocycles. The van der Waals surface area contributed by atoms with E-state index < -0.39 is 12.7 Å². The van der Waals surface area contributed by atoms with Gasteiger partial charge < -0.3 is 4.90 Å². The zero-order valence-electron chi connectivity index (χ0n) is 8.35. The van der Waals surface area contributed by atoms with E-state index in [1.807, 2.05) is 0 Å². The summed E-state index contributed by atoms with van der Waals surface area (Å²) >= 11 is 6.39. The van der Waals surface area contributed by atoms with E-state index in [1.165, 1.54) is 6.20 Å². The van der Waals surface area contributed by atoms with Crippen LogP contribution < -0.4 is 4.90 Å². The average Bonchev–Trinajstić information content (AvgIpc) is 2.13. The van der Waals surface area contributed by atoms with Gasteiger partial charge >= 0.3 is 6.18 Å². The van der Waals surface area contributed by atoms with Gasteiger partial charge in [0.05, 0.1) is 4.47 Å². The van der Waals surface area contributed by atoms with Crippen molar-refractivity contribution in [1.29, 1.82) is 0 Å². The number of nitrogens with zero attached hydrogens (tertiary/aromatic N) is 2. The van der Waals surface area contributed by atoms with E-state index in [4.69, 9.17) is 0 Å². The summed E-state index contributed by atoms with van der Waals surface area (Å²) in [5.41, 5.74) is 0. The Bertz CT molecular complexity index is 368. The Balaban J connectivity index is 2.95. The Morgan fingerprint density at radius 3 is 2.44 bits per heavy atom. The fourth-order valence-corrected chi connectivity index (χ4v) is 2.43. The summed E-state index contributed by atoms with van der Waals surface area (Å²) in [4.78, 5) is 5.13. The van der Waals surface area contributed by atoms with E-state index in [0.717, 1.165) is 4.90 Å². The van der Waals surface area contributed by atoms with Crippen LogP contribution in [0.15, 0.2) is 21.2 Å². The van der Waals surface area contributed by atoms with E-state index in [-0.39, 0.29) is 6.54 Å². The van der Waals surface area contributed by atoms with Gasteiger partial charge in [-0.2, -0.15) is 13.2 Å². The molecule has 1 aromatic heterocycles. The third-order valence-electron chi connectivity index (χ3n) is 1.84. The van der Waals surface area contributed by atoms with Gasteiger partial charge in [-0.25, -0.2) is 4.98 Å². The average molecular weight is 362 g/mol. The van der Waals surface area contributed by atoms with Crippen LogP contribution in [-0.4, -0.2) is 24.2 Å². The molecule has 0 aliphatic carbocycles. The van der Waals surface area contributed by atoms with Crippen LogP contribution in [0, 0.1) is 0 Å². The van der Waals surface area contributed by atoms with E-state index in [9.17, 15) is 13.2 Å². The van der Waals surface area contributed by atoms with Crippen LogP contribution >= 0.6 is 31.9 Å². The number of hydrogen-bond acceptors (Lipinski definition) is 2. The first-order valence-electron chi connectivity index (χ1n) is 4.46. The fourth-order valence-electron chi connectivity index (χ4n) is 1.19. The van der Waals surface area contributed by atoms with Gasteiger partial charge in [0.15, 0.2) is 0 Å². The molecule has 1 aromatic rings. The second-order valence-corrected chi connectivity index (χ2v) is 4.86. The van der Waals surface area contributed by atoms with Crippen molar-refractivity contribution in [1.82, 2.24) is 4.98 Å². The van der Waals surface area contributed by atoms with Crippen LogP contribution in [0.3, 0.4) is 0 Å². The molecule has 0 aliphatic rings. The number of aromatic nitrogens is 1. The van der Waals surface area contributed by atoms with E-state index in [2.05, 4.69) is 36.8 Å². The zero-order chi connectivity index (χ0) is 12.3. The predicted molar refractivity (Wildman–Crippen MR) is 63.6 cm³/mol. The number of rotatable bonds is 3. The summed E-state index contributed by atoms with van der Waals surface area (Å²) < 4.78 is 38.1. The number of hydrogen-bond donors (Lipinski definition) is 0. The first-order valence-corrected chi connectivity index (χ1v) is 6.05. The number of alkyl halides is 3. The summed E-state index contributed by atoms with van der Waals surface area (Å²) in [6.45, 7) is 0.894. The molecule has 90 valence electrons. The van der Waals surface area contributed by atoms with Gasteiger partial charge in [0, 0.05) is 17.2 Å². The molecule has 0 bridgehead atoms. The molecule has 1 heterocycles. The first-order chi connectivity index (χ1) is 7.33. The van der Waals surface area contributed by atoms with Gasteiger partial charge in [0.1, 0.15) is 12.4 Å². The maximum Gasteiger partial charge on any atom is 0.405 e. The lowest BCUT2D eigenvalue weighted by atomic mass is 10.4. The van der Waals surface area contributed by atoms with E-state index in [0.29, 0.717) is 14.8 Å². The van der Waals surface area contributed by atoms with Gasteiger partial charge in [0.2, 0.25) is 0 Å². The van der Waals surface area contributed by atoms with Crippen molar-refractivity contribution in [3.63, 3.8) is 0 Å². The lowest BCUT2D eigenvalue weighted by Gasteiger charge is -2.24. The normalized spacial score (nSPS) is 11.6. The van der Waals surface area contributed by atoms with Crippen molar-refractivity contribution >= 4 is 37.7 Å². The molecule has 0 saturated carbocycles. The summed E-state index contributed by atoms with van der Waals surface area (Å²) in [5, 5.41) is 0. The highest BCUT2D eigenvalue weighted by molar-refractivity contribution is 9.11. The minimum atomic E-state index is -4.23. The van der Waals surface area contributed by atoms with Crippen molar-refractivity contribution in [3.05, 3.63) is 21.2 Å². The quantitative estimate of drug-likeness (QED) is 0.809. The van der Waals surface area contributed by atoms with Gasteiger partial charge in [-0.3, -0.25) is 0 Å². The molecule has 1 rings (SSSR count). The topological polar surface area (TPSA) is 16.1 Å². The maximum atomic E-state index is 12.3. The number of pyridine rings is 1. The molecule has 0 radical (unpaired) electrons. The van der Waals surface area contributed by atoms with E-state index in [1.54, 1.807) is 13.0 Å². The van der Waals surface area contributed by atoms with Crippen molar-refractivity contribution in [3.8, 4) is 0 Å². The number of anilines is 1. The molecule has 0 aromatic carbocycles. The fraction of sp³-hybridized carbons (Fsp3) is 0.444. The van der Waals surface area contributed by atoms with Gasteiger partial charge in [0.25, 0.3) is 0 Å². The Labute approximate surface area is 108 Å². The highest BCUT2D eigenvalue weighted by Gasteiger charge is 2.31. The smallest absolute Gasteiger partial charge is 0.347 e. The molecule has 0 N–H and O–H groups in total. The maximum absolute atomic E-state index is 12.3. The van der Waals surface area contributed by atoms with Gasteiger partial charge in [-0.15, -0.1) is 0 Å². The SMILES string of the molecule is CCN(CC(F)(F)F)c1ncc(Br)cc1Br. The molecule has 2 nitrogen and oxygen atoms in total. The van der Waals surface area contributed by atoms with Crippen molar-refractivity contribution in [2.24, 2.45) is 0 Å². The molecule has 0 unspecified atom stereocenters. The zero-order valence-corrected chi connectivity index (χ0v) is 11.5. The lowest BCUT2D eigenvalue weighted by Crippen LogP contribution is -2.34.